The Hall–Kier alpha value is -2.64. The van der Waals surface area contributed by atoms with Gasteiger partial charge in [-0.1, -0.05) is 12.1 Å². The quantitative estimate of drug-likeness (QED) is 0.211. The second kappa shape index (κ2) is 12.4. The number of halogens is 1. The van der Waals surface area contributed by atoms with Gasteiger partial charge in [0, 0.05) is 44.5 Å². The van der Waals surface area contributed by atoms with Crippen molar-refractivity contribution in [2.24, 2.45) is 0 Å². The number of pyridine rings is 1. The number of urea groups is 1. The Morgan fingerprint density at radius 3 is 2.71 bits per heavy atom. The molecule has 0 spiro atoms. The van der Waals surface area contributed by atoms with Crippen LogP contribution in [-0.4, -0.2) is 75.9 Å². The van der Waals surface area contributed by atoms with Crippen LogP contribution in [0.15, 0.2) is 36.4 Å². The predicted octanol–water partition coefficient (Wildman–Crippen LogP) is 3.04. The zero-order valence-electron chi connectivity index (χ0n) is 19.8. The number of amides is 2. The number of para-hydroxylation sites is 2. The molecule has 4 N–H and O–H groups in total. The number of nitrogens with zero attached hydrogens (tertiary/aromatic N) is 4. The summed E-state index contributed by atoms with van der Waals surface area (Å²) in [6.45, 7) is 6.67. The van der Waals surface area contributed by atoms with Crippen LogP contribution in [0.5, 0.6) is 5.75 Å². The van der Waals surface area contributed by atoms with Gasteiger partial charge in [0.15, 0.2) is 0 Å². The molecule has 2 amide bonds. The van der Waals surface area contributed by atoms with E-state index in [4.69, 9.17) is 8.05 Å². The second-order valence-electron chi connectivity index (χ2n) is 8.68. The lowest BCUT2D eigenvalue weighted by atomic mass is 10.1. The third-order valence-electron chi connectivity index (χ3n) is 6.15. The number of fused-ring (bicyclic) bond motifs is 1. The van der Waals surface area contributed by atoms with Crippen molar-refractivity contribution in [2.75, 3.05) is 44.6 Å². The van der Waals surface area contributed by atoms with Crippen molar-refractivity contribution in [3.63, 3.8) is 0 Å². The highest BCUT2D eigenvalue weighted by atomic mass is 127. The van der Waals surface area contributed by atoms with Gasteiger partial charge in [0.25, 0.3) is 0 Å². The van der Waals surface area contributed by atoms with E-state index in [1.54, 1.807) is 12.1 Å². The Bertz CT molecular complexity index is 1130. The number of carbonyl (C=O) groups is 1. The molecule has 1 aliphatic heterocycles. The van der Waals surface area contributed by atoms with Gasteiger partial charge in [-0.25, -0.2) is 9.78 Å². The molecule has 1 aliphatic rings. The molecule has 0 saturated carbocycles. The summed E-state index contributed by atoms with van der Waals surface area (Å²) in [6.07, 6.45) is 1.96. The fourth-order valence-electron chi connectivity index (χ4n) is 4.29. The third kappa shape index (κ3) is 6.95. The molecule has 0 radical (unpaired) electrons. The number of hydrogen-bond acceptors (Lipinski definition) is 7. The molecule has 0 atom stereocenters. The monoisotopic (exact) mass is 593 g/mol. The van der Waals surface area contributed by atoms with Crippen LogP contribution < -0.4 is 16.0 Å². The van der Waals surface area contributed by atoms with Crippen molar-refractivity contribution in [2.45, 2.75) is 32.4 Å². The zero-order valence-corrected chi connectivity index (χ0v) is 22.0. The number of carbonyl (C=O) groups excluding carboxylic acids is 1. The van der Waals surface area contributed by atoms with E-state index in [0.29, 0.717) is 38.0 Å². The summed E-state index contributed by atoms with van der Waals surface area (Å²) in [5.74, 6) is 0.981. The minimum Gasteiger partial charge on any atom is -0.506 e. The minimum absolute atomic E-state index is 0.164. The number of piperidine rings is 1. The summed E-state index contributed by atoms with van der Waals surface area (Å²) in [4.78, 5) is 23.5. The van der Waals surface area contributed by atoms with Crippen LogP contribution in [0.4, 0.5) is 10.7 Å². The van der Waals surface area contributed by atoms with Crippen LogP contribution in [0.1, 0.15) is 24.2 Å². The highest BCUT2D eigenvalue weighted by Gasteiger charge is 2.22. The van der Waals surface area contributed by atoms with Crippen molar-refractivity contribution in [3.8, 4) is 5.75 Å². The molecule has 11 heteroatoms. The topological polar surface area (TPSA) is 117 Å². The second-order valence-corrected chi connectivity index (χ2v) is 9.31. The first-order valence-electron chi connectivity index (χ1n) is 11.9. The number of nitrogens with one attached hydrogen (secondary N) is 3. The Morgan fingerprint density at radius 2 is 1.91 bits per heavy atom. The Kier molecular flexibility index (Phi) is 8.99. The molecule has 1 fully saturated rings. The number of likely N-dealkylation sites (tertiary alicyclic amines) is 1. The van der Waals surface area contributed by atoms with E-state index >= 15 is 0 Å². The summed E-state index contributed by atoms with van der Waals surface area (Å²) in [6, 6.07) is 11.7. The zero-order chi connectivity index (χ0) is 24.6. The van der Waals surface area contributed by atoms with E-state index in [2.05, 4.69) is 30.4 Å². The summed E-state index contributed by atoms with van der Waals surface area (Å²) in [5.41, 5.74) is 3.41. The number of aryl methyl sites for hydroxylation is 1. The summed E-state index contributed by atoms with van der Waals surface area (Å²) >= 11 is 1.81. The molecule has 188 valence electrons. The van der Waals surface area contributed by atoms with Crippen LogP contribution in [0.25, 0.3) is 11.0 Å². The van der Waals surface area contributed by atoms with Crippen LogP contribution in [0.3, 0.4) is 0 Å². The first kappa shape index (κ1) is 25.5. The Balaban J connectivity index is 1.34. The average molecular weight is 593 g/mol. The fourth-order valence-corrected chi connectivity index (χ4v) is 4.51. The van der Waals surface area contributed by atoms with E-state index in [1.165, 1.54) is 0 Å². The number of aromatic nitrogens is 3. The first-order chi connectivity index (χ1) is 17.0. The number of anilines is 1. The van der Waals surface area contributed by atoms with E-state index < -0.39 is 0 Å². The van der Waals surface area contributed by atoms with Crippen molar-refractivity contribution in [1.82, 2.24) is 30.1 Å². The third-order valence-corrected chi connectivity index (χ3v) is 6.59. The number of hydrogen-bond donors (Lipinski definition) is 4. The molecule has 4 rings (SSSR count). The minimum atomic E-state index is -0.164. The molecule has 10 nitrogen and oxygen atoms in total. The van der Waals surface area contributed by atoms with Crippen molar-refractivity contribution >= 4 is 46.0 Å². The van der Waals surface area contributed by atoms with E-state index in [0.717, 1.165) is 55.2 Å². The van der Waals surface area contributed by atoms with Gasteiger partial charge < -0.3 is 33.6 Å². The van der Waals surface area contributed by atoms with Gasteiger partial charge >= 0.3 is 6.03 Å². The average Bonchev–Trinajstić information content (AvgIpc) is 3.19. The van der Waals surface area contributed by atoms with Crippen LogP contribution in [0, 0.1) is 6.92 Å². The summed E-state index contributed by atoms with van der Waals surface area (Å²) < 4.78 is 6.99. The predicted molar refractivity (Wildman–Crippen MR) is 144 cm³/mol. The number of benzene rings is 1. The maximum atomic E-state index is 11.8. The largest absolute Gasteiger partial charge is 0.506 e. The normalized spacial score (nSPS) is 14.8. The SMILES string of the molecule is Cc1ccc(O)c(Cn2c(NC3CCN(CCNC(=O)NCCOI)CC3)nc3ccccc32)n1. The van der Waals surface area contributed by atoms with Gasteiger partial charge in [0.2, 0.25) is 5.95 Å². The molecule has 1 saturated heterocycles. The van der Waals surface area contributed by atoms with Gasteiger partial charge in [0.05, 0.1) is 24.2 Å². The summed E-state index contributed by atoms with van der Waals surface area (Å²) in [5, 5.41) is 19.6. The molecule has 3 heterocycles. The molecule has 35 heavy (non-hydrogen) atoms. The lowest BCUT2D eigenvalue weighted by molar-refractivity contribution is 0.213. The van der Waals surface area contributed by atoms with Crippen LogP contribution >= 0.6 is 23.0 Å². The van der Waals surface area contributed by atoms with Gasteiger partial charge in [0.1, 0.15) is 34.4 Å². The van der Waals surface area contributed by atoms with Gasteiger partial charge in [-0.2, -0.15) is 0 Å². The van der Waals surface area contributed by atoms with E-state index in [1.807, 2.05) is 54.2 Å². The van der Waals surface area contributed by atoms with Crippen molar-refractivity contribution in [3.05, 3.63) is 47.8 Å². The highest BCUT2D eigenvalue weighted by Crippen LogP contribution is 2.25. The molecule has 1 aromatic carbocycles. The first-order valence-corrected chi connectivity index (χ1v) is 12.8. The molecular formula is C24H32IN7O3. The summed E-state index contributed by atoms with van der Waals surface area (Å²) in [7, 11) is 0. The smallest absolute Gasteiger partial charge is 0.314 e. The molecule has 2 aromatic heterocycles. The van der Waals surface area contributed by atoms with Gasteiger partial charge in [-0.3, -0.25) is 4.98 Å². The molecule has 0 unspecified atom stereocenters. The number of aromatic hydroxyl groups is 1. The lowest BCUT2D eigenvalue weighted by Crippen LogP contribution is -2.45. The standard InChI is InChI=1S/C24H32IN7O3/c1-17-6-7-22(33)20(28-17)16-32-21-5-3-2-4-19(21)30-23(32)29-18-8-12-31(13-9-18)14-10-26-24(34)27-11-15-35-25/h2-7,18,33H,8-16H2,1H3,(H,29,30)(H2,26,27,34). The Morgan fingerprint density at radius 1 is 1.14 bits per heavy atom. The van der Waals surface area contributed by atoms with Crippen molar-refractivity contribution < 1.29 is 13.0 Å². The Labute approximate surface area is 219 Å². The number of imidazole rings is 1. The maximum Gasteiger partial charge on any atom is 0.314 e. The highest BCUT2D eigenvalue weighted by molar-refractivity contribution is 14.1. The molecule has 0 aliphatic carbocycles. The molecule has 0 bridgehead atoms. The van der Waals surface area contributed by atoms with Gasteiger partial charge in [-0.15, -0.1) is 0 Å². The molecular weight excluding hydrogens is 561 g/mol. The maximum absolute atomic E-state index is 11.8. The lowest BCUT2D eigenvalue weighted by Gasteiger charge is -2.32. The molecule has 3 aromatic rings. The van der Waals surface area contributed by atoms with Gasteiger partial charge in [-0.05, 0) is 44.0 Å². The van der Waals surface area contributed by atoms with Crippen LogP contribution in [-0.2, 0) is 9.61 Å². The van der Waals surface area contributed by atoms with E-state index in [9.17, 15) is 9.90 Å². The van der Waals surface area contributed by atoms with E-state index in [-0.39, 0.29) is 11.8 Å². The van der Waals surface area contributed by atoms with Crippen LogP contribution in [0.2, 0.25) is 0 Å². The number of rotatable bonds is 10. The fraction of sp³-hybridized carbons (Fsp3) is 0.458. The van der Waals surface area contributed by atoms with Crippen molar-refractivity contribution in [1.29, 1.82) is 0 Å².